The van der Waals surface area contributed by atoms with E-state index >= 15 is 0 Å². The molecule has 8 heteroatoms. The highest BCUT2D eigenvalue weighted by Gasteiger charge is 2.30. The Bertz CT molecular complexity index is 780. The predicted molar refractivity (Wildman–Crippen MR) is 120 cm³/mol. The molecule has 4 rings (SSSR count). The molecule has 1 aromatic carbocycles. The topological polar surface area (TPSA) is 107 Å². The zero-order chi connectivity index (χ0) is 22.9. The SMILES string of the molecule is O=C(O)C(=O)O.O=C1CCCCN1c1ccccc1CCN1CCC(C2CCOCC2)C1. The second kappa shape index (κ2) is 12.0. The van der Waals surface area contributed by atoms with Gasteiger partial charge in [0, 0.05) is 45.0 Å². The van der Waals surface area contributed by atoms with Crippen LogP contribution in [0.3, 0.4) is 0 Å². The first-order chi connectivity index (χ1) is 15.5. The summed E-state index contributed by atoms with van der Waals surface area (Å²) in [5.74, 6) is -1.63. The van der Waals surface area contributed by atoms with Gasteiger partial charge in [-0.05, 0) is 68.5 Å². The molecule has 1 amide bonds. The molecule has 3 fully saturated rings. The number of para-hydroxylation sites is 1. The third kappa shape index (κ3) is 6.77. The van der Waals surface area contributed by atoms with Gasteiger partial charge in [0.15, 0.2) is 0 Å². The highest BCUT2D eigenvalue weighted by atomic mass is 16.5. The second-order valence-corrected chi connectivity index (χ2v) is 8.79. The summed E-state index contributed by atoms with van der Waals surface area (Å²) in [5, 5.41) is 14.8. The highest BCUT2D eigenvalue weighted by Crippen LogP contribution is 2.31. The van der Waals surface area contributed by atoms with Crippen LogP contribution in [0.2, 0.25) is 0 Å². The Kier molecular flexibility index (Phi) is 9.05. The van der Waals surface area contributed by atoms with Gasteiger partial charge >= 0.3 is 11.9 Å². The molecule has 0 aromatic heterocycles. The number of carboxylic acid groups (broad SMARTS) is 2. The first kappa shape index (κ1) is 24.2. The van der Waals surface area contributed by atoms with Crippen molar-refractivity contribution in [3.63, 3.8) is 0 Å². The van der Waals surface area contributed by atoms with Gasteiger partial charge in [0.25, 0.3) is 0 Å². The number of benzene rings is 1. The zero-order valence-corrected chi connectivity index (χ0v) is 18.6. The predicted octanol–water partition coefficient (Wildman–Crippen LogP) is 2.65. The summed E-state index contributed by atoms with van der Waals surface area (Å²) in [5.41, 5.74) is 2.48. The molecule has 1 atom stereocenters. The Morgan fingerprint density at radius 1 is 0.969 bits per heavy atom. The van der Waals surface area contributed by atoms with Gasteiger partial charge in [0.05, 0.1) is 0 Å². The van der Waals surface area contributed by atoms with E-state index in [1.807, 2.05) is 4.90 Å². The highest BCUT2D eigenvalue weighted by molar-refractivity contribution is 6.27. The quantitative estimate of drug-likeness (QED) is 0.670. The average Bonchev–Trinajstić information content (AvgIpc) is 3.28. The first-order valence-electron chi connectivity index (χ1n) is 11.6. The van der Waals surface area contributed by atoms with Crippen LogP contribution in [0.15, 0.2) is 24.3 Å². The minimum absolute atomic E-state index is 0.296. The second-order valence-electron chi connectivity index (χ2n) is 8.79. The van der Waals surface area contributed by atoms with Crippen LogP contribution >= 0.6 is 0 Å². The van der Waals surface area contributed by atoms with Crippen LogP contribution < -0.4 is 4.90 Å². The van der Waals surface area contributed by atoms with Crippen molar-refractivity contribution in [3.05, 3.63) is 29.8 Å². The third-order valence-corrected chi connectivity index (χ3v) is 6.73. The number of nitrogens with zero attached hydrogens (tertiary/aromatic N) is 2. The van der Waals surface area contributed by atoms with Crippen LogP contribution in [-0.4, -0.2) is 72.4 Å². The largest absolute Gasteiger partial charge is 0.473 e. The van der Waals surface area contributed by atoms with E-state index in [1.165, 1.54) is 37.9 Å². The average molecular weight is 447 g/mol. The molecule has 32 heavy (non-hydrogen) atoms. The number of carbonyl (C=O) groups excluding carboxylic acids is 1. The molecule has 1 aromatic rings. The van der Waals surface area contributed by atoms with Crippen molar-refractivity contribution in [1.29, 1.82) is 0 Å². The number of anilines is 1. The fraction of sp³-hybridized carbons (Fsp3) is 0.625. The van der Waals surface area contributed by atoms with Gasteiger partial charge < -0.3 is 24.7 Å². The number of carboxylic acids is 2. The Morgan fingerprint density at radius 2 is 1.69 bits per heavy atom. The molecule has 176 valence electrons. The van der Waals surface area contributed by atoms with E-state index in [4.69, 9.17) is 24.5 Å². The van der Waals surface area contributed by atoms with E-state index < -0.39 is 11.9 Å². The maximum Gasteiger partial charge on any atom is 0.414 e. The maximum atomic E-state index is 12.3. The van der Waals surface area contributed by atoms with Crippen molar-refractivity contribution in [2.75, 3.05) is 44.3 Å². The van der Waals surface area contributed by atoms with Crippen LogP contribution in [-0.2, 0) is 25.5 Å². The van der Waals surface area contributed by atoms with E-state index in [0.717, 1.165) is 63.1 Å². The molecule has 8 nitrogen and oxygen atoms in total. The molecule has 0 spiro atoms. The molecule has 0 saturated carbocycles. The minimum atomic E-state index is -1.82. The van der Waals surface area contributed by atoms with Gasteiger partial charge in [-0.2, -0.15) is 0 Å². The van der Waals surface area contributed by atoms with Gasteiger partial charge in [0.2, 0.25) is 5.91 Å². The molecule has 1 unspecified atom stereocenters. The number of carbonyl (C=O) groups is 3. The Hall–Kier alpha value is -2.45. The summed E-state index contributed by atoms with van der Waals surface area (Å²) in [7, 11) is 0. The number of hydrogen-bond acceptors (Lipinski definition) is 5. The number of likely N-dealkylation sites (tertiary alicyclic amines) is 1. The van der Waals surface area contributed by atoms with E-state index in [2.05, 4.69) is 29.2 Å². The lowest BCUT2D eigenvalue weighted by Crippen LogP contribution is -2.36. The van der Waals surface area contributed by atoms with Crippen LogP contribution in [0.1, 0.15) is 44.1 Å². The van der Waals surface area contributed by atoms with E-state index in [1.54, 1.807) is 0 Å². The third-order valence-electron chi connectivity index (χ3n) is 6.73. The van der Waals surface area contributed by atoms with Gasteiger partial charge in [-0.3, -0.25) is 4.79 Å². The van der Waals surface area contributed by atoms with Crippen LogP contribution in [0.4, 0.5) is 5.69 Å². The van der Waals surface area contributed by atoms with Crippen molar-refractivity contribution < 1.29 is 29.3 Å². The summed E-state index contributed by atoms with van der Waals surface area (Å²) in [6.07, 6.45) is 7.75. The molecule has 0 bridgehead atoms. The Balaban J connectivity index is 0.000000427. The molecule has 3 aliphatic rings. The normalized spacial score (nSPS) is 22.3. The van der Waals surface area contributed by atoms with Gasteiger partial charge in [-0.15, -0.1) is 0 Å². The molecular weight excluding hydrogens is 412 g/mol. The Labute approximate surface area is 189 Å². The monoisotopic (exact) mass is 446 g/mol. The Morgan fingerprint density at radius 3 is 2.38 bits per heavy atom. The number of ether oxygens (including phenoxy) is 1. The summed E-state index contributed by atoms with van der Waals surface area (Å²) < 4.78 is 5.53. The van der Waals surface area contributed by atoms with Gasteiger partial charge in [0.1, 0.15) is 0 Å². The van der Waals surface area contributed by atoms with Crippen molar-refractivity contribution in [3.8, 4) is 0 Å². The first-order valence-corrected chi connectivity index (χ1v) is 11.6. The van der Waals surface area contributed by atoms with Crippen LogP contribution in [0.25, 0.3) is 0 Å². The minimum Gasteiger partial charge on any atom is -0.473 e. The number of piperidine rings is 1. The standard InChI is InChI=1S/C22H32N2O2.C2H2O4/c25-22-7-3-4-12-24(22)21-6-2-1-5-19(21)8-13-23-14-9-20(17-23)18-10-15-26-16-11-18;3-1(4)2(5)6/h1-2,5-6,18,20H,3-4,7-17H2;(H,3,4)(H,5,6). The maximum absolute atomic E-state index is 12.3. The molecule has 0 aliphatic carbocycles. The molecule has 0 radical (unpaired) electrons. The van der Waals surface area contributed by atoms with E-state index in [-0.39, 0.29) is 0 Å². The lowest BCUT2D eigenvalue weighted by atomic mass is 9.85. The van der Waals surface area contributed by atoms with Gasteiger partial charge in [-0.1, -0.05) is 18.2 Å². The zero-order valence-electron chi connectivity index (χ0n) is 18.6. The number of amides is 1. The van der Waals surface area contributed by atoms with E-state index in [0.29, 0.717) is 12.3 Å². The van der Waals surface area contributed by atoms with Crippen molar-refractivity contribution >= 4 is 23.5 Å². The molecule has 3 heterocycles. The van der Waals surface area contributed by atoms with Crippen molar-refractivity contribution in [1.82, 2.24) is 4.90 Å². The fourth-order valence-corrected chi connectivity index (χ4v) is 4.96. The molecule has 3 saturated heterocycles. The van der Waals surface area contributed by atoms with Crippen molar-refractivity contribution in [2.24, 2.45) is 11.8 Å². The fourth-order valence-electron chi connectivity index (χ4n) is 4.96. The number of aliphatic carboxylic acids is 2. The number of hydrogen-bond donors (Lipinski definition) is 2. The lowest BCUT2D eigenvalue weighted by Gasteiger charge is -2.29. The van der Waals surface area contributed by atoms with Crippen LogP contribution in [0.5, 0.6) is 0 Å². The van der Waals surface area contributed by atoms with Crippen molar-refractivity contribution in [2.45, 2.75) is 44.9 Å². The summed E-state index contributed by atoms with van der Waals surface area (Å²) >= 11 is 0. The molecular formula is C24H34N2O6. The van der Waals surface area contributed by atoms with Gasteiger partial charge in [-0.25, -0.2) is 9.59 Å². The number of rotatable bonds is 5. The molecule has 3 aliphatic heterocycles. The molecule has 2 N–H and O–H groups in total. The summed E-state index contributed by atoms with van der Waals surface area (Å²) in [6.45, 7) is 6.38. The van der Waals surface area contributed by atoms with E-state index in [9.17, 15) is 4.79 Å². The summed E-state index contributed by atoms with van der Waals surface area (Å²) in [6, 6.07) is 8.52. The summed E-state index contributed by atoms with van der Waals surface area (Å²) in [4.78, 5) is 35.2. The smallest absolute Gasteiger partial charge is 0.414 e. The lowest BCUT2D eigenvalue weighted by molar-refractivity contribution is -0.159. The van der Waals surface area contributed by atoms with Crippen LogP contribution in [0, 0.1) is 11.8 Å².